The van der Waals surface area contributed by atoms with Crippen LogP contribution in [0.3, 0.4) is 0 Å². The van der Waals surface area contributed by atoms with Gasteiger partial charge in [-0.25, -0.2) is 0 Å². The summed E-state index contributed by atoms with van der Waals surface area (Å²) in [5.41, 5.74) is 6.19. The lowest BCUT2D eigenvalue weighted by Crippen LogP contribution is -2.19. The van der Waals surface area contributed by atoms with E-state index in [9.17, 15) is 0 Å². The van der Waals surface area contributed by atoms with Gasteiger partial charge in [0, 0.05) is 0 Å². The molecule has 0 amide bonds. The lowest BCUT2D eigenvalue weighted by molar-refractivity contribution is 0.574. The van der Waals surface area contributed by atoms with Crippen LogP contribution in [0.5, 0.6) is 0 Å². The van der Waals surface area contributed by atoms with E-state index in [0.29, 0.717) is 0 Å². The van der Waals surface area contributed by atoms with E-state index < -0.39 is 0 Å². The molecule has 0 heterocycles. The Bertz CT molecular complexity index is 1120. The van der Waals surface area contributed by atoms with Gasteiger partial charge in [-0.15, -0.1) is 0 Å². The van der Waals surface area contributed by atoms with Crippen molar-refractivity contribution in [3.8, 4) is 0 Å². The smallest absolute Gasteiger partial charge is 0.00206 e. The summed E-state index contributed by atoms with van der Waals surface area (Å²) in [4.78, 5) is 0. The van der Waals surface area contributed by atoms with Crippen molar-refractivity contribution in [3.63, 3.8) is 0 Å². The Labute approximate surface area is 195 Å². The zero-order valence-corrected chi connectivity index (χ0v) is 22.5. The van der Waals surface area contributed by atoms with Gasteiger partial charge in [0.1, 0.15) is 0 Å². The fraction of sp³-hybridized carbons (Fsp3) is 0.500. The van der Waals surface area contributed by atoms with Gasteiger partial charge in [-0.1, -0.05) is 119 Å². The second kappa shape index (κ2) is 6.72. The van der Waals surface area contributed by atoms with Crippen LogP contribution in [0, 0.1) is 0 Å². The molecule has 0 saturated carbocycles. The quantitative estimate of drug-likeness (QED) is 0.245. The summed E-state index contributed by atoms with van der Waals surface area (Å²) in [6, 6.07) is 14.6. The fourth-order valence-corrected chi connectivity index (χ4v) is 5.48. The van der Waals surface area contributed by atoms with Crippen molar-refractivity contribution in [1.82, 2.24) is 0 Å². The van der Waals surface area contributed by atoms with E-state index in [-0.39, 0.29) is 21.7 Å². The minimum absolute atomic E-state index is 0.0853. The summed E-state index contributed by atoms with van der Waals surface area (Å²) in [5, 5.41) is 8.62. The summed E-state index contributed by atoms with van der Waals surface area (Å²) < 4.78 is 0. The molecule has 0 aliphatic heterocycles. The van der Waals surface area contributed by atoms with Crippen molar-refractivity contribution >= 4 is 32.3 Å². The monoisotopic (exact) mass is 426 g/mol. The Morgan fingerprint density at radius 3 is 0.688 bits per heavy atom. The molecular weight excluding hydrogens is 384 g/mol. The maximum absolute atomic E-state index is 2.50. The highest BCUT2D eigenvalue weighted by Gasteiger charge is 2.29. The Balaban J connectivity index is 2.39. The predicted molar refractivity (Wildman–Crippen MR) is 145 cm³/mol. The van der Waals surface area contributed by atoms with E-state index in [4.69, 9.17) is 0 Å². The maximum atomic E-state index is 2.50. The first-order valence-corrected chi connectivity index (χ1v) is 12.2. The van der Waals surface area contributed by atoms with Gasteiger partial charge in [-0.2, -0.15) is 0 Å². The molecule has 0 radical (unpaired) electrons. The molecule has 4 rings (SSSR count). The molecular formula is C32H42. The summed E-state index contributed by atoms with van der Waals surface area (Å²) in [6.45, 7) is 28.2. The third-order valence-electron chi connectivity index (χ3n) is 7.13. The van der Waals surface area contributed by atoms with Crippen LogP contribution in [0.2, 0.25) is 0 Å². The fourth-order valence-electron chi connectivity index (χ4n) is 5.48. The standard InChI is InChI=1S/C32H42/c1-29(2,3)23-17-24(30(4,5)6)20-15-16-22-26(32(10,11)12)18-25(31(7,8)9)21-14-13-19(23)27(20)28(21)22/h13-18H,1-12H3. The van der Waals surface area contributed by atoms with Crippen LogP contribution < -0.4 is 0 Å². The molecule has 0 fully saturated rings. The normalized spacial score (nSPS) is 14.2. The van der Waals surface area contributed by atoms with Gasteiger partial charge in [-0.3, -0.25) is 0 Å². The van der Waals surface area contributed by atoms with E-state index in [1.54, 1.807) is 0 Å². The largest absolute Gasteiger partial charge is 0.0561 e. The molecule has 4 aromatic rings. The molecule has 0 saturated heterocycles. The third kappa shape index (κ3) is 3.51. The van der Waals surface area contributed by atoms with Crippen molar-refractivity contribution in [2.75, 3.05) is 0 Å². The van der Waals surface area contributed by atoms with Gasteiger partial charge < -0.3 is 0 Å². The molecule has 0 heteroatoms. The molecule has 32 heavy (non-hydrogen) atoms. The van der Waals surface area contributed by atoms with E-state index in [1.807, 2.05) is 0 Å². The molecule has 0 atom stereocenters. The minimum Gasteiger partial charge on any atom is -0.0561 e. The van der Waals surface area contributed by atoms with Crippen LogP contribution in [0.4, 0.5) is 0 Å². The van der Waals surface area contributed by atoms with Gasteiger partial charge in [-0.05, 0) is 76.2 Å². The minimum atomic E-state index is 0.0853. The second-order valence-corrected chi connectivity index (χ2v) is 14.0. The molecule has 170 valence electrons. The Kier molecular flexibility index (Phi) is 4.85. The molecule has 0 nitrogen and oxygen atoms in total. The molecule has 0 N–H and O–H groups in total. The van der Waals surface area contributed by atoms with Crippen LogP contribution in [0.15, 0.2) is 36.4 Å². The zero-order chi connectivity index (χ0) is 24.0. The molecule has 0 bridgehead atoms. The third-order valence-corrected chi connectivity index (χ3v) is 7.13. The summed E-state index contributed by atoms with van der Waals surface area (Å²) in [7, 11) is 0. The maximum Gasteiger partial charge on any atom is -0.00206 e. The highest BCUT2D eigenvalue weighted by atomic mass is 14.3. The summed E-state index contributed by atoms with van der Waals surface area (Å²) in [6.07, 6.45) is 0. The molecule has 0 aromatic heterocycles. The van der Waals surface area contributed by atoms with E-state index in [0.717, 1.165) is 0 Å². The van der Waals surface area contributed by atoms with Gasteiger partial charge in [0.05, 0.1) is 0 Å². The number of hydrogen-bond acceptors (Lipinski definition) is 0. The van der Waals surface area contributed by atoms with Gasteiger partial charge in [0.25, 0.3) is 0 Å². The number of rotatable bonds is 0. The van der Waals surface area contributed by atoms with Gasteiger partial charge in [0.15, 0.2) is 0 Å². The first-order valence-electron chi connectivity index (χ1n) is 12.2. The van der Waals surface area contributed by atoms with Crippen molar-refractivity contribution in [1.29, 1.82) is 0 Å². The molecule has 0 aliphatic carbocycles. The SMILES string of the molecule is CC(C)(C)c1cc(C(C)(C)C)c2ccc3c(C(C)(C)C)cc(C(C)(C)C)c4ccc1c2c43. The van der Waals surface area contributed by atoms with Crippen LogP contribution in [0.1, 0.15) is 105 Å². The van der Waals surface area contributed by atoms with Gasteiger partial charge >= 0.3 is 0 Å². The first-order chi connectivity index (χ1) is 14.4. The molecule has 0 spiro atoms. The second-order valence-electron chi connectivity index (χ2n) is 14.0. The van der Waals surface area contributed by atoms with Crippen molar-refractivity contribution in [3.05, 3.63) is 58.7 Å². The van der Waals surface area contributed by atoms with Crippen molar-refractivity contribution < 1.29 is 0 Å². The first kappa shape index (κ1) is 23.1. The molecule has 0 aliphatic rings. The van der Waals surface area contributed by atoms with Crippen LogP contribution in [0.25, 0.3) is 32.3 Å². The average molecular weight is 427 g/mol. The lowest BCUT2D eigenvalue weighted by Gasteiger charge is -2.32. The van der Waals surface area contributed by atoms with E-state index >= 15 is 0 Å². The van der Waals surface area contributed by atoms with E-state index in [1.165, 1.54) is 54.6 Å². The average Bonchev–Trinajstić information content (AvgIpc) is 2.61. The summed E-state index contributed by atoms with van der Waals surface area (Å²) >= 11 is 0. The topological polar surface area (TPSA) is 0 Å². The Hall–Kier alpha value is -2.08. The Morgan fingerprint density at radius 2 is 0.531 bits per heavy atom. The predicted octanol–water partition coefficient (Wildman–Crippen LogP) is 9.77. The summed E-state index contributed by atoms with van der Waals surface area (Å²) in [5.74, 6) is 0. The molecule has 0 unspecified atom stereocenters. The van der Waals surface area contributed by atoms with Crippen molar-refractivity contribution in [2.45, 2.75) is 105 Å². The molecule has 4 aromatic carbocycles. The van der Waals surface area contributed by atoms with Crippen LogP contribution in [-0.2, 0) is 21.7 Å². The highest BCUT2D eigenvalue weighted by Crippen LogP contribution is 2.48. The van der Waals surface area contributed by atoms with Crippen molar-refractivity contribution in [2.24, 2.45) is 0 Å². The lowest BCUT2D eigenvalue weighted by atomic mass is 9.72. The van der Waals surface area contributed by atoms with E-state index in [2.05, 4.69) is 119 Å². The van der Waals surface area contributed by atoms with Gasteiger partial charge in [0.2, 0.25) is 0 Å². The number of hydrogen-bond donors (Lipinski definition) is 0. The highest BCUT2D eigenvalue weighted by molar-refractivity contribution is 6.26. The van der Waals surface area contributed by atoms with Crippen LogP contribution in [-0.4, -0.2) is 0 Å². The zero-order valence-electron chi connectivity index (χ0n) is 22.5. The Morgan fingerprint density at radius 1 is 0.344 bits per heavy atom. The number of benzene rings is 4. The van der Waals surface area contributed by atoms with Crippen LogP contribution >= 0.6 is 0 Å².